The molecule has 1 fully saturated rings. The van der Waals surface area contributed by atoms with E-state index in [9.17, 15) is 4.79 Å². The molecule has 0 aromatic carbocycles. The van der Waals surface area contributed by atoms with Gasteiger partial charge in [-0.2, -0.15) is 0 Å². The maximum atomic E-state index is 11.7. The number of ketones is 1. The SMILES string of the molecule is COC1=C2C(=O)CCCC2CCC1. The molecule has 2 aliphatic carbocycles. The number of hydrogen-bond donors (Lipinski definition) is 0. The third kappa shape index (κ3) is 1.50. The van der Waals surface area contributed by atoms with E-state index in [0.717, 1.165) is 30.6 Å². The second-order valence-electron chi connectivity index (χ2n) is 3.95. The Morgan fingerprint density at radius 1 is 1.23 bits per heavy atom. The van der Waals surface area contributed by atoms with Gasteiger partial charge in [-0.3, -0.25) is 4.79 Å². The summed E-state index contributed by atoms with van der Waals surface area (Å²) in [5.74, 6) is 1.83. The minimum absolute atomic E-state index is 0.341. The van der Waals surface area contributed by atoms with Gasteiger partial charge in [-0.25, -0.2) is 0 Å². The van der Waals surface area contributed by atoms with Gasteiger partial charge in [-0.15, -0.1) is 0 Å². The Bertz CT molecular complexity index is 253. The van der Waals surface area contributed by atoms with Gasteiger partial charge in [0, 0.05) is 18.4 Å². The smallest absolute Gasteiger partial charge is 0.162 e. The first-order valence-corrected chi connectivity index (χ1v) is 5.13. The molecular formula is C11H16O2. The van der Waals surface area contributed by atoms with Crippen LogP contribution in [0.4, 0.5) is 0 Å². The number of fused-ring (bicyclic) bond motifs is 1. The summed E-state index contributed by atoms with van der Waals surface area (Å²) in [6.45, 7) is 0. The molecule has 1 atom stereocenters. The zero-order valence-electron chi connectivity index (χ0n) is 8.14. The standard InChI is InChI=1S/C11H16O2/c1-13-10-7-3-5-8-4-2-6-9(12)11(8)10/h8H,2-7H2,1H3. The van der Waals surface area contributed by atoms with E-state index in [-0.39, 0.29) is 0 Å². The lowest BCUT2D eigenvalue weighted by Gasteiger charge is -2.30. The van der Waals surface area contributed by atoms with Crippen LogP contribution < -0.4 is 0 Å². The van der Waals surface area contributed by atoms with Gasteiger partial charge in [0.1, 0.15) is 5.76 Å². The predicted molar refractivity (Wildman–Crippen MR) is 50.2 cm³/mol. The zero-order chi connectivity index (χ0) is 9.26. The van der Waals surface area contributed by atoms with Crippen LogP contribution in [0.2, 0.25) is 0 Å². The van der Waals surface area contributed by atoms with Crippen LogP contribution in [0.5, 0.6) is 0 Å². The number of allylic oxidation sites excluding steroid dienone is 2. The summed E-state index contributed by atoms with van der Waals surface area (Å²) < 4.78 is 5.29. The highest BCUT2D eigenvalue weighted by Crippen LogP contribution is 2.38. The number of hydrogen-bond acceptors (Lipinski definition) is 2. The van der Waals surface area contributed by atoms with Gasteiger partial charge in [0.15, 0.2) is 5.78 Å². The fraction of sp³-hybridized carbons (Fsp3) is 0.727. The largest absolute Gasteiger partial charge is 0.501 e. The molecule has 13 heavy (non-hydrogen) atoms. The second kappa shape index (κ2) is 3.52. The Balaban J connectivity index is 2.32. The number of carbonyl (C=O) groups is 1. The van der Waals surface area contributed by atoms with Crippen molar-refractivity contribution in [2.45, 2.75) is 38.5 Å². The van der Waals surface area contributed by atoms with Gasteiger partial charge < -0.3 is 4.74 Å². The molecule has 2 rings (SSSR count). The Morgan fingerprint density at radius 2 is 1.92 bits per heavy atom. The minimum atomic E-state index is 0.341. The first-order valence-electron chi connectivity index (χ1n) is 5.13. The highest BCUT2D eigenvalue weighted by molar-refractivity contribution is 5.97. The molecule has 0 radical (unpaired) electrons. The molecule has 0 saturated heterocycles. The molecule has 0 N–H and O–H groups in total. The minimum Gasteiger partial charge on any atom is -0.501 e. The van der Waals surface area contributed by atoms with Crippen LogP contribution in [0.1, 0.15) is 38.5 Å². The Kier molecular flexibility index (Phi) is 2.38. The monoisotopic (exact) mass is 180 g/mol. The summed E-state index contributed by atoms with van der Waals surface area (Å²) in [4.78, 5) is 11.7. The normalized spacial score (nSPS) is 28.7. The molecule has 2 heteroatoms. The first-order chi connectivity index (χ1) is 6.33. The topological polar surface area (TPSA) is 26.3 Å². The van der Waals surface area contributed by atoms with Crippen LogP contribution in [0.3, 0.4) is 0 Å². The fourth-order valence-corrected chi connectivity index (χ4v) is 2.54. The van der Waals surface area contributed by atoms with E-state index in [1.54, 1.807) is 7.11 Å². The van der Waals surface area contributed by atoms with Gasteiger partial charge in [-0.1, -0.05) is 0 Å². The van der Waals surface area contributed by atoms with E-state index in [0.29, 0.717) is 11.7 Å². The van der Waals surface area contributed by atoms with Crippen molar-refractivity contribution in [3.05, 3.63) is 11.3 Å². The third-order valence-corrected chi connectivity index (χ3v) is 3.17. The van der Waals surface area contributed by atoms with Gasteiger partial charge in [0.05, 0.1) is 7.11 Å². The summed E-state index contributed by atoms with van der Waals surface area (Å²) in [6, 6.07) is 0. The molecule has 72 valence electrons. The van der Waals surface area contributed by atoms with Crippen molar-refractivity contribution in [3.63, 3.8) is 0 Å². The van der Waals surface area contributed by atoms with Gasteiger partial charge in [0.25, 0.3) is 0 Å². The van der Waals surface area contributed by atoms with Crippen molar-refractivity contribution >= 4 is 5.78 Å². The molecule has 1 saturated carbocycles. The van der Waals surface area contributed by atoms with E-state index in [2.05, 4.69) is 0 Å². The molecule has 0 aromatic rings. The van der Waals surface area contributed by atoms with Crippen molar-refractivity contribution in [2.75, 3.05) is 7.11 Å². The van der Waals surface area contributed by atoms with Crippen LogP contribution in [0, 0.1) is 5.92 Å². The average Bonchev–Trinajstić information content (AvgIpc) is 2.17. The van der Waals surface area contributed by atoms with Crippen LogP contribution in [0.15, 0.2) is 11.3 Å². The van der Waals surface area contributed by atoms with E-state index in [1.807, 2.05) is 0 Å². The summed E-state index contributed by atoms with van der Waals surface area (Å²) in [5, 5.41) is 0. The van der Waals surface area contributed by atoms with Crippen molar-refractivity contribution in [1.29, 1.82) is 0 Å². The number of methoxy groups -OCH3 is 1. The van der Waals surface area contributed by atoms with Crippen LogP contribution in [-0.2, 0) is 9.53 Å². The van der Waals surface area contributed by atoms with Crippen LogP contribution in [0.25, 0.3) is 0 Å². The van der Waals surface area contributed by atoms with Gasteiger partial charge >= 0.3 is 0 Å². The number of carbonyl (C=O) groups excluding carboxylic acids is 1. The Hall–Kier alpha value is -0.790. The zero-order valence-corrected chi connectivity index (χ0v) is 8.14. The van der Waals surface area contributed by atoms with Crippen LogP contribution >= 0.6 is 0 Å². The number of rotatable bonds is 1. The molecular weight excluding hydrogens is 164 g/mol. The van der Waals surface area contributed by atoms with E-state index in [4.69, 9.17) is 4.74 Å². The van der Waals surface area contributed by atoms with Crippen molar-refractivity contribution in [1.82, 2.24) is 0 Å². The van der Waals surface area contributed by atoms with E-state index in [1.165, 1.54) is 19.3 Å². The number of Topliss-reactive ketones (excluding diaryl/α,β-unsaturated/α-hetero) is 1. The van der Waals surface area contributed by atoms with Crippen molar-refractivity contribution in [2.24, 2.45) is 5.92 Å². The maximum Gasteiger partial charge on any atom is 0.162 e. The highest BCUT2D eigenvalue weighted by atomic mass is 16.5. The predicted octanol–water partition coefficient (Wildman–Crippen LogP) is 2.44. The molecule has 2 nitrogen and oxygen atoms in total. The van der Waals surface area contributed by atoms with Gasteiger partial charge in [0.2, 0.25) is 0 Å². The average molecular weight is 180 g/mol. The van der Waals surface area contributed by atoms with Crippen molar-refractivity contribution in [3.8, 4) is 0 Å². The Morgan fingerprint density at radius 3 is 2.62 bits per heavy atom. The lowest BCUT2D eigenvalue weighted by Crippen LogP contribution is -2.24. The maximum absolute atomic E-state index is 11.7. The molecule has 0 amide bonds. The Labute approximate surface area is 79.0 Å². The molecule has 0 heterocycles. The van der Waals surface area contributed by atoms with Crippen LogP contribution in [-0.4, -0.2) is 12.9 Å². The molecule has 1 unspecified atom stereocenters. The lowest BCUT2D eigenvalue weighted by atomic mass is 9.76. The third-order valence-electron chi connectivity index (χ3n) is 3.17. The molecule has 0 bridgehead atoms. The second-order valence-corrected chi connectivity index (χ2v) is 3.95. The quantitative estimate of drug-likeness (QED) is 0.619. The molecule has 0 spiro atoms. The van der Waals surface area contributed by atoms with Gasteiger partial charge in [-0.05, 0) is 31.6 Å². The molecule has 2 aliphatic rings. The first kappa shape index (κ1) is 8.79. The molecule has 0 aliphatic heterocycles. The summed E-state index contributed by atoms with van der Waals surface area (Å²) in [6.07, 6.45) is 6.34. The number of ether oxygens (including phenoxy) is 1. The van der Waals surface area contributed by atoms with E-state index < -0.39 is 0 Å². The summed E-state index contributed by atoms with van der Waals surface area (Å²) in [7, 11) is 1.69. The molecule has 0 aromatic heterocycles. The summed E-state index contributed by atoms with van der Waals surface area (Å²) >= 11 is 0. The lowest BCUT2D eigenvalue weighted by molar-refractivity contribution is -0.117. The highest BCUT2D eigenvalue weighted by Gasteiger charge is 2.31. The van der Waals surface area contributed by atoms with Crippen molar-refractivity contribution < 1.29 is 9.53 Å². The fourth-order valence-electron chi connectivity index (χ4n) is 2.54. The van der Waals surface area contributed by atoms with E-state index >= 15 is 0 Å². The summed E-state index contributed by atoms with van der Waals surface area (Å²) in [5.41, 5.74) is 1.03.